The molecule has 25 heavy (non-hydrogen) atoms. The molecule has 0 unspecified atom stereocenters. The number of ether oxygens (including phenoxy) is 1. The standard InChI is InChI=1S/C17H17F4N3O/c1-22-17(24-10-11-8-12(18)2-4-14(11)19)23-6-7-25-13-3-5-15(20)16(21)9-13/h2-5,8-9H,6-7,10H2,1H3,(H2,22,23,24). The fourth-order valence-corrected chi connectivity index (χ4v) is 1.98. The number of halogens is 4. The highest BCUT2D eigenvalue weighted by Gasteiger charge is 2.06. The molecule has 2 rings (SSSR count). The Kier molecular flexibility index (Phi) is 6.62. The summed E-state index contributed by atoms with van der Waals surface area (Å²) in [5.41, 5.74) is 0.168. The minimum atomic E-state index is -0.986. The molecule has 0 aromatic heterocycles. The highest BCUT2D eigenvalue weighted by Crippen LogP contribution is 2.15. The van der Waals surface area contributed by atoms with Crippen LogP contribution in [0.25, 0.3) is 0 Å². The van der Waals surface area contributed by atoms with E-state index in [4.69, 9.17) is 4.74 Å². The summed E-state index contributed by atoms with van der Waals surface area (Å²) in [6, 6.07) is 6.45. The third-order valence-electron chi connectivity index (χ3n) is 3.23. The molecule has 0 fully saturated rings. The minimum Gasteiger partial charge on any atom is -0.492 e. The lowest BCUT2D eigenvalue weighted by Gasteiger charge is -2.13. The van der Waals surface area contributed by atoms with Crippen LogP contribution in [-0.4, -0.2) is 26.2 Å². The highest BCUT2D eigenvalue weighted by molar-refractivity contribution is 5.79. The van der Waals surface area contributed by atoms with Crippen molar-refractivity contribution in [1.29, 1.82) is 0 Å². The maximum Gasteiger partial charge on any atom is 0.191 e. The van der Waals surface area contributed by atoms with Gasteiger partial charge in [0, 0.05) is 25.2 Å². The molecule has 134 valence electrons. The van der Waals surface area contributed by atoms with Crippen molar-refractivity contribution in [3.05, 3.63) is 65.2 Å². The number of guanidine groups is 1. The molecule has 2 N–H and O–H groups in total. The summed E-state index contributed by atoms with van der Waals surface area (Å²) < 4.78 is 57.8. The third-order valence-corrected chi connectivity index (χ3v) is 3.23. The van der Waals surface area contributed by atoms with Crippen molar-refractivity contribution < 1.29 is 22.3 Å². The molecule has 0 atom stereocenters. The van der Waals surface area contributed by atoms with Gasteiger partial charge in [0.15, 0.2) is 17.6 Å². The summed E-state index contributed by atoms with van der Waals surface area (Å²) in [6.45, 7) is 0.525. The van der Waals surface area contributed by atoms with Crippen LogP contribution in [0.4, 0.5) is 17.6 Å². The lowest BCUT2D eigenvalue weighted by molar-refractivity contribution is 0.318. The van der Waals surface area contributed by atoms with Crippen molar-refractivity contribution in [2.75, 3.05) is 20.2 Å². The quantitative estimate of drug-likeness (QED) is 0.362. The summed E-state index contributed by atoms with van der Waals surface area (Å²) in [6.07, 6.45) is 0. The number of benzene rings is 2. The van der Waals surface area contributed by atoms with Crippen LogP contribution < -0.4 is 15.4 Å². The monoisotopic (exact) mass is 355 g/mol. The lowest BCUT2D eigenvalue weighted by atomic mass is 10.2. The van der Waals surface area contributed by atoms with Gasteiger partial charge in [0.25, 0.3) is 0 Å². The molecular weight excluding hydrogens is 338 g/mol. The number of aliphatic imine (C=N–C) groups is 1. The zero-order chi connectivity index (χ0) is 18.2. The van der Waals surface area contributed by atoms with E-state index >= 15 is 0 Å². The van der Waals surface area contributed by atoms with Crippen LogP contribution in [-0.2, 0) is 6.54 Å². The van der Waals surface area contributed by atoms with Gasteiger partial charge in [-0.1, -0.05) is 0 Å². The van der Waals surface area contributed by atoms with E-state index in [9.17, 15) is 17.6 Å². The van der Waals surface area contributed by atoms with Gasteiger partial charge in [0.2, 0.25) is 0 Å². The summed E-state index contributed by atoms with van der Waals surface area (Å²) >= 11 is 0. The maximum absolute atomic E-state index is 13.5. The molecule has 0 aliphatic heterocycles. The van der Waals surface area contributed by atoms with Crippen molar-refractivity contribution in [2.24, 2.45) is 4.99 Å². The second kappa shape index (κ2) is 8.91. The van der Waals surface area contributed by atoms with Gasteiger partial charge < -0.3 is 15.4 Å². The first-order valence-corrected chi connectivity index (χ1v) is 7.46. The van der Waals surface area contributed by atoms with Gasteiger partial charge in [-0.15, -0.1) is 0 Å². The maximum atomic E-state index is 13.5. The van der Waals surface area contributed by atoms with Crippen molar-refractivity contribution >= 4 is 5.96 Å². The van der Waals surface area contributed by atoms with E-state index in [-0.39, 0.29) is 24.5 Å². The van der Waals surface area contributed by atoms with Gasteiger partial charge in [-0.05, 0) is 30.3 Å². The van der Waals surface area contributed by atoms with Crippen LogP contribution in [0, 0.1) is 23.3 Å². The first-order valence-electron chi connectivity index (χ1n) is 7.46. The largest absolute Gasteiger partial charge is 0.492 e. The fraction of sp³-hybridized carbons (Fsp3) is 0.235. The molecule has 8 heteroatoms. The molecule has 2 aromatic carbocycles. The molecular formula is C17H17F4N3O. The second-order valence-electron chi connectivity index (χ2n) is 5.01. The lowest BCUT2D eigenvalue weighted by Crippen LogP contribution is -2.39. The van der Waals surface area contributed by atoms with Crippen molar-refractivity contribution in [1.82, 2.24) is 10.6 Å². The summed E-state index contributed by atoms with van der Waals surface area (Å²) in [5, 5.41) is 5.74. The van der Waals surface area contributed by atoms with Crippen LogP contribution >= 0.6 is 0 Å². The Morgan fingerprint density at radius 3 is 2.44 bits per heavy atom. The van der Waals surface area contributed by atoms with E-state index in [0.717, 1.165) is 30.3 Å². The SMILES string of the molecule is CN=C(NCCOc1ccc(F)c(F)c1)NCc1cc(F)ccc1F. The molecule has 0 heterocycles. The Morgan fingerprint density at radius 1 is 0.960 bits per heavy atom. The average molecular weight is 355 g/mol. The Labute approximate surface area is 142 Å². The van der Waals surface area contributed by atoms with Crippen LogP contribution in [0.1, 0.15) is 5.56 Å². The van der Waals surface area contributed by atoms with E-state index in [1.54, 1.807) is 0 Å². The molecule has 0 aliphatic carbocycles. The number of nitrogens with zero attached hydrogens (tertiary/aromatic N) is 1. The molecule has 0 amide bonds. The predicted molar refractivity (Wildman–Crippen MR) is 86.4 cm³/mol. The highest BCUT2D eigenvalue weighted by atomic mass is 19.2. The summed E-state index contributed by atoms with van der Waals surface area (Å²) in [5.74, 6) is -2.42. The molecule has 0 aliphatic rings. The van der Waals surface area contributed by atoms with Gasteiger partial charge in [-0.2, -0.15) is 0 Å². The number of nitrogens with one attached hydrogen (secondary N) is 2. The van der Waals surface area contributed by atoms with Gasteiger partial charge in [0.05, 0.1) is 6.54 Å². The summed E-state index contributed by atoms with van der Waals surface area (Å²) in [4.78, 5) is 3.94. The minimum absolute atomic E-state index is 0.0489. The Morgan fingerprint density at radius 2 is 1.72 bits per heavy atom. The van der Waals surface area contributed by atoms with Crippen molar-refractivity contribution in [2.45, 2.75) is 6.54 Å². The van der Waals surface area contributed by atoms with E-state index in [0.29, 0.717) is 12.5 Å². The van der Waals surface area contributed by atoms with Crippen LogP contribution in [0.5, 0.6) is 5.75 Å². The van der Waals surface area contributed by atoms with E-state index in [2.05, 4.69) is 15.6 Å². The number of hydrogen-bond donors (Lipinski definition) is 2. The second-order valence-corrected chi connectivity index (χ2v) is 5.01. The normalized spacial score (nSPS) is 11.3. The van der Waals surface area contributed by atoms with Crippen LogP contribution in [0.2, 0.25) is 0 Å². The number of rotatable bonds is 6. The molecule has 0 radical (unpaired) electrons. The van der Waals surface area contributed by atoms with Crippen LogP contribution in [0.15, 0.2) is 41.4 Å². The third kappa shape index (κ3) is 5.66. The van der Waals surface area contributed by atoms with E-state index in [1.165, 1.54) is 13.1 Å². The first kappa shape index (κ1) is 18.6. The Balaban J connectivity index is 1.76. The Bertz CT molecular complexity index is 753. The van der Waals surface area contributed by atoms with Gasteiger partial charge in [0.1, 0.15) is 24.0 Å². The molecule has 0 saturated carbocycles. The summed E-state index contributed by atoms with van der Waals surface area (Å²) in [7, 11) is 1.52. The first-order chi connectivity index (χ1) is 12.0. The molecule has 0 spiro atoms. The molecule has 2 aromatic rings. The Hall–Kier alpha value is -2.77. The molecule has 4 nitrogen and oxygen atoms in total. The van der Waals surface area contributed by atoms with E-state index < -0.39 is 23.3 Å². The van der Waals surface area contributed by atoms with Gasteiger partial charge >= 0.3 is 0 Å². The van der Waals surface area contributed by atoms with Crippen molar-refractivity contribution in [3.8, 4) is 5.75 Å². The average Bonchev–Trinajstić information content (AvgIpc) is 2.60. The topological polar surface area (TPSA) is 45.7 Å². The van der Waals surface area contributed by atoms with E-state index in [1.807, 2.05) is 0 Å². The van der Waals surface area contributed by atoms with Gasteiger partial charge in [-0.3, -0.25) is 4.99 Å². The predicted octanol–water partition coefficient (Wildman–Crippen LogP) is 2.99. The molecule has 0 saturated heterocycles. The zero-order valence-electron chi connectivity index (χ0n) is 13.5. The zero-order valence-corrected chi connectivity index (χ0v) is 13.5. The fourth-order valence-electron chi connectivity index (χ4n) is 1.98. The van der Waals surface area contributed by atoms with Crippen LogP contribution in [0.3, 0.4) is 0 Å². The van der Waals surface area contributed by atoms with Crippen molar-refractivity contribution in [3.63, 3.8) is 0 Å². The number of hydrogen-bond acceptors (Lipinski definition) is 2. The smallest absolute Gasteiger partial charge is 0.191 e. The van der Waals surface area contributed by atoms with Gasteiger partial charge in [-0.25, -0.2) is 17.6 Å². The molecule has 0 bridgehead atoms.